The molecule has 0 amide bonds. The van der Waals surface area contributed by atoms with Crippen LogP contribution < -0.4 is 20.6 Å². The van der Waals surface area contributed by atoms with Gasteiger partial charge in [-0.05, 0) is 42.5 Å². The van der Waals surface area contributed by atoms with E-state index < -0.39 is 0 Å². The second kappa shape index (κ2) is 9.96. The fraction of sp³-hybridized carbons (Fsp3) is 0.150. The summed E-state index contributed by atoms with van der Waals surface area (Å²) in [5.74, 6) is 1.48. The van der Waals surface area contributed by atoms with Crippen LogP contribution in [0.15, 0.2) is 54.7 Å². The maximum atomic E-state index is 9.35. The molecule has 2 radical (unpaired) electrons. The van der Waals surface area contributed by atoms with Crippen LogP contribution in [0, 0.1) is 11.3 Å². The Labute approximate surface area is 170 Å². The van der Waals surface area contributed by atoms with Crippen molar-refractivity contribution in [2.75, 3.05) is 36.2 Å². The van der Waals surface area contributed by atoms with Crippen molar-refractivity contribution in [1.29, 1.82) is 5.26 Å². The van der Waals surface area contributed by atoms with Crippen LogP contribution in [0.25, 0.3) is 0 Å². The number of methoxy groups -OCH3 is 1. The molecule has 9 heteroatoms. The van der Waals surface area contributed by atoms with E-state index in [1.165, 1.54) is 6.20 Å². The van der Waals surface area contributed by atoms with E-state index in [2.05, 4.69) is 31.9 Å². The SMILES string of the molecule is [B]Nc1cccc(Nc2nc(Nc3ccc(OCCOC)cc3)ncc2C#N)c1. The lowest BCUT2D eigenvalue weighted by atomic mass is 10.2. The summed E-state index contributed by atoms with van der Waals surface area (Å²) < 4.78 is 10.5. The number of anilines is 5. The third-order valence-corrected chi connectivity index (χ3v) is 3.87. The van der Waals surface area contributed by atoms with Gasteiger partial charge in [0.2, 0.25) is 13.9 Å². The van der Waals surface area contributed by atoms with Gasteiger partial charge in [0.1, 0.15) is 24.0 Å². The minimum Gasteiger partial charge on any atom is -0.491 e. The molecule has 2 aromatic carbocycles. The Balaban J connectivity index is 1.73. The zero-order valence-corrected chi connectivity index (χ0v) is 15.8. The highest BCUT2D eigenvalue weighted by Gasteiger charge is 2.08. The highest BCUT2D eigenvalue weighted by Crippen LogP contribution is 2.23. The zero-order chi connectivity index (χ0) is 20.5. The van der Waals surface area contributed by atoms with Crippen molar-refractivity contribution in [1.82, 2.24) is 9.97 Å². The lowest BCUT2D eigenvalue weighted by Crippen LogP contribution is -2.05. The van der Waals surface area contributed by atoms with Gasteiger partial charge >= 0.3 is 0 Å². The number of nitrogens with one attached hydrogen (secondary N) is 3. The molecule has 0 aliphatic rings. The summed E-state index contributed by atoms with van der Waals surface area (Å²) in [5.41, 5.74) is 2.57. The Bertz CT molecular complexity index is 991. The summed E-state index contributed by atoms with van der Waals surface area (Å²) in [6, 6.07) is 16.8. The Kier molecular flexibility index (Phi) is 6.87. The van der Waals surface area contributed by atoms with Crippen molar-refractivity contribution in [2.45, 2.75) is 0 Å². The Morgan fingerprint density at radius 3 is 2.55 bits per heavy atom. The first-order valence-corrected chi connectivity index (χ1v) is 8.81. The second-order valence-electron chi connectivity index (χ2n) is 5.91. The number of hydrogen-bond donors (Lipinski definition) is 3. The van der Waals surface area contributed by atoms with Crippen LogP contribution in [0.2, 0.25) is 0 Å². The maximum absolute atomic E-state index is 9.35. The monoisotopic (exact) mass is 386 g/mol. The van der Waals surface area contributed by atoms with E-state index in [1.54, 1.807) is 13.2 Å². The van der Waals surface area contributed by atoms with E-state index in [0.717, 1.165) is 22.8 Å². The molecule has 0 saturated heterocycles. The molecule has 144 valence electrons. The number of rotatable bonds is 9. The number of nitrogens with zero attached hydrogens (tertiary/aromatic N) is 3. The first-order chi connectivity index (χ1) is 14.2. The fourth-order valence-electron chi connectivity index (χ4n) is 2.45. The number of aromatic nitrogens is 2. The van der Waals surface area contributed by atoms with Crippen molar-refractivity contribution in [3.63, 3.8) is 0 Å². The van der Waals surface area contributed by atoms with Gasteiger partial charge in [0.05, 0.1) is 12.8 Å². The topological polar surface area (TPSA) is 104 Å². The molecule has 0 bridgehead atoms. The highest BCUT2D eigenvalue weighted by molar-refractivity contribution is 6.16. The van der Waals surface area contributed by atoms with Crippen LogP contribution in [0.4, 0.5) is 28.8 Å². The van der Waals surface area contributed by atoms with E-state index in [4.69, 9.17) is 17.5 Å². The maximum Gasteiger partial charge on any atom is 0.229 e. The predicted octanol–water partition coefficient (Wildman–Crippen LogP) is 3.36. The minimum atomic E-state index is 0.323. The molecule has 1 aromatic heterocycles. The lowest BCUT2D eigenvalue weighted by molar-refractivity contribution is 0.146. The molecule has 0 atom stereocenters. The smallest absolute Gasteiger partial charge is 0.229 e. The van der Waals surface area contributed by atoms with Crippen LogP contribution in [-0.2, 0) is 4.74 Å². The summed E-state index contributed by atoms with van der Waals surface area (Å²) >= 11 is 0. The van der Waals surface area contributed by atoms with E-state index >= 15 is 0 Å². The summed E-state index contributed by atoms with van der Waals surface area (Å²) in [6.07, 6.45) is 1.46. The zero-order valence-electron chi connectivity index (χ0n) is 15.8. The van der Waals surface area contributed by atoms with Gasteiger partial charge in [0.25, 0.3) is 0 Å². The molecule has 0 aliphatic carbocycles. The summed E-state index contributed by atoms with van der Waals surface area (Å²) in [4.78, 5) is 8.62. The molecule has 3 rings (SSSR count). The first kappa shape index (κ1) is 20.0. The van der Waals surface area contributed by atoms with Gasteiger partial charge in [-0.3, -0.25) is 0 Å². The minimum absolute atomic E-state index is 0.323. The number of hydrogen-bond acceptors (Lipinski definition) is 8. The molecule has 0 saturated carbocycles. The van der Waals surface area contributed by atoms with Crippen molar-refractivity contribution in [3.8, 4) is 11.8 Å². The van der Waals surface area contributed by atoms with Gasteiger partial charge in [-0.2, -0.15) is 10.2 Å². The molecule has 1 heterocycles. The number of nitriles is 1. The van der Waals surface area contributed by atoms with E-state index in [0.29, 0.717) is 30.5 Å². The molecule has 0 spiro atoms. The van der Waals surface area contributed by atoms with E-state index in [9.17, 15) is 5.26 Å². The van der Waals surface area contributed by atoms with E-state index in [-0.39, 0.29) is 0 Å². The second-order valence-corrected chi connectivity index (χ2v) is 5.91. The molecule has 3 N–H and O–H groups in total. The quantitative estimate of drug-likeness (QED) is 0.380. The molecule has 29 heavy (non-hydrogen) atoms. The van der Waals surface area contributed by atoms with Gasteiger partial charge in [0, 0.05) is 24.2 Å². The summed E-state index contributed by atoms with van der Waals surface area (Å²) in [5, 5.41) is 18.2. The number of benzene rings is 2. The fourth-order valence-corrected chi connectivity index (χ4v) is 2.45. The van der Waals surface area contributed by atoms with Crippen LogP contribution in [0.1, 0.15) is 5.56 Å². The average molecular weight is 386 g/mol. The van der Waals surface area contributed by atoms with Crippen LogP contribution in [0.3, 0.4) is 0 Å². The standard InChI is InChI=1S/C20H19BN6O2/c1-28-9-10-29-18-7-5-15(6-8-18)25-20-23-13-14(12-22)19(26-20)24-16-3-2-4-17(11-16)27-21/h2-8,11,13,27H,9-10H2,1H3,(H2,23,24,25,26). The third-order valence-electron chi connectivity index (χ3n) is 3.87. The predicted molar refractivity (Wildman–Crippen MR) is 113 cm³/mol. The van der Waals surface area contributed by atoms with Crippen molar-refractivity contribution < 1.29 is 9.47 Å². The van der Waals surface area contributed by atoms with Gasteiger partial charge < -0.3 is 25.3 Å². The van der Waals surface area contributed by atoms with Crippen LogP contribution >= 0.6 is 0 Å². The molecule has 0 unspecified atom stereocenters. The van der Waals surface area contributed by atoms with Crippen LogP contribution in [-0.4, -0.2) is 38.3 Å². The molecule has 0 fully saturated rings. The van der Waals surface area contributed by atoms with Gasteiger partial charge in [-0.15, -0.1) is 0 Å². The molecular formula is C20H19BN6O2. The van der Waals surface area contributed by atoms with Crippen LogP contribution in [0.5, 0.6) is 5.75 Å². The van der Waals surface area contributed by atoms with E-state index in [1.807, 2.05) is 42.5 Å². The molecular weight excluding hydrogens is 367 g/mol. The molecule has 3 aromatic rings. The van der Waals surface area contributed by atoms with Crippen molar-refractivity contribution >= 4 is 36.8 Å². The summed E-state index contributed by atoms with van der Waals surface area (Å²) in [7, 11) is 7.07. The van der Waals surface area contributed by atoms with Gasteiger partial charge in [-0.1, -0.05) is 6.07 Å². The normalized spacial score (nSPS) is 10.1. The first-order valence-electron chi connectivity index (χ1n) is 8.81. The average Bonchev–Trinajstić information content (AvgIpc) is 2.75. The number of ether oxygens (including phenoxy) is 2. The lowest BCUT2D eigenvalue weighted by Gasteiger charge is -2.11. The van der Waals surface area contributed by atoms with Crippen molar-refractivity contribution in [3.05, 3.63) is 60.3 Å². The Morgan fingerprint density at radius 1 is 1.03 bits per heavy atom. The summed E-state index contributed by atoms with van der Waals surface area (Å²) in [6.45, 7) is 1.01. The molecule has 8 nitrogen and oxygen atoms in total. The van der Waals surface area contributed by atoms with Gasteiger partial charge in [-0.25, -0.2) is 4.98 Å². The largest absolute Gasteiger partial charge is 0.491 e. The molecule has 0 aliphatic heterocycles. The van der Waals surface area contributed by atoms with Crippen molar-refractivity contribution in [2.24, 2.45) is 0 Å². The highest BCUT2D eigenvalue weighted by atomic mass is 16.5. The van der Waals surface area contributed by atoms with Gasteiger partial charge in [0.15, 0.2) is 5.82 Å². The Morgan fingerprint density at radius 2 is 1.83 bits per heavy atom. The third kappa shape index (κ3) is 5.60. The Hall–Kier alpha value is -3.77.